The first kappa shape index (κ1) is 57.8. The minimum Gasteiger partial charge on any atom is -0.462 e. The SMILES string of the molecule is CCCCC/C=C\CC(CCCCCC)OC(=O)CCCCCCCN(CCCCCCCC(=O)OC(C/C=C\CCCCC)CCCCCC)OC(=O)CCCN(C)C. The minimum absolute atomic E-state index is 0.00240. The first-order chi connectivity index (χ1) is 29.2. The summed E-state index contributed by atoms with van der Waals surface area (Å²) in [4.78, 5) is 46.1. The van der Waals surface area contributed by atoms with Crippen LogP contribution in [0.1, 0.15) is 246 Å². The van der Waals surface area contributed by atoms with Gasteiger partial charge in [-0.2, -0.15) is 0 Å². The summed E-state index contributed by atoms with van der Waals surface area (Å²) in [7, 11) is 4.04. The van der Waals surface area contributed by atoms with Crippen LogP contribution in [-0.2, 0) is 28.7 Å². The van der Waals surface area contributed by atoms with Gasteiger partial charge >= 0.3 is 17.9 Å². The van der Waals surface area contributed by atoms with Crippen LogP contribution in [0.15, 0.2) is 24.3 Å². The van der Waals surface area contributed by atoms with Gasteiger partial charge in [-0.25, -0.2) is 0 Å². The number of hydrogen-bond acceptors (Lipinski definition) is 8. The maximum Gasteiger partial charge on any atom is 0.325 e. The number of carbonyl (C=O) groups excluding carboxylic acids is 3. The van der Waals surface area contributed by atoms with Crippen molar-refractivity contribution in [3.63, 3.8) is 0 Å². The molecule has 2 unspecified atom stereocenters. The molecule has 0 saturated heterocycles. The van der Waals surface area contributed by atoms with E-state index in [1.165, 1.54) is 77.0 Å². The Kier molecular flexibility index (Phi) is 43.2. The van der Waals surface area contributed by atoms with E-state index in [4.69, 9.17) is 14.3 Å². The molecule has 0 aromatic heterocycles. The fraction of sp³-hybridized carbons (Fsp3) is 0.865. The first-order valence-corrected chi connectivity index (χ1v) is 25.5. The highest BCUT2D eigenvalue weighted by Gasteiger charge is 2.16. The zero-order valence-electron chi connectivity index (χ0n) is 40.5. The lowest BCUT2D eigenvalue weighted by Gasteiger charge is -2.21. The van der Waals surface area contributed by atoms with E-state index < -0.39 is 0 Å². The van der Waals surface area contributed by atoms with Crippen molar-refractivity contribution in [1.82, 2.24) is 9.96 Å². The van der Waals surface area contributed by atoms with Crippen LogP contribution in [0.5, 0.6) is 0 Å². The molecule has 0 saturated carbocycles. The van der Waals surface area contributed by atoms with Crippen LogP contribution in [0, 0.1) is 0 Å². The van der Waals surface area contributed by atoms with Gasteiger partial charge in [0.2, 0.25) is 0 Å². The quantitative estimate of drug-likeness (QED) is 0.0259. The van der Waals surface area contributed by atoms with Gasteiger partial charge in [-0.3, -0.25) is 14.4 Å². The highest BCUT2D eigenvalue weighted by Crippen LogP contribution is 2.18. The van der Waals surface area contributed by atoms with E-state index in [1.54, 1.807) is 0 Å². The van der Waals surface area contributed by atoms with Crippen molar-refractivity contribution in [3.05, 3.63) is 24.3 Å². The molecule has 0 radical (unpaired) electrons. The molecule has 352 valence electrons. The molecule has 0 heterocycles. The normalized spacial score (nSPS) is 12.9. The van der Waals surface area contributed by atoms with Gasteiger partial charge in [-0.05, 0) is 104 Å². The molecule has 0 aliphatic carbocycles. The van der Waals surface area contributed by atoms with E-state index in [1.807, 2.05) is 19.2 Å². The summed E-state index contributed by atoms with van der Waals surface area (Å²) in [6.45, 7) is 11.2. The molecule has 0 spiro atoms. The zero-order valence-corrected chi connectivity index (χ0v) is 40.5. The second kappa shape index (κ2) is 44.9. The van der Waals surface area contributed by atoms with Crippen molar-refractivity contribution >= 4 is 17.9 Å². The van der Waals surface area contributed by atoms with Crippen LogP contribution in [-0.4, -0.2) is 73.8 Å². The van der Waals surface area contributed by atoms with Gasteiger partial charge in [-0.15, -0.1) is 5.06 Å². The lowest BCUT2D eigenvalue weighted by atomic mass is 10.1. The number of allylic oxidation sites excluding steroid dienone is 2. The third kappa shape index (κ3) is 41.2. The fourth-order valence-corrected chi connectivity index (χ4v) is 7.40. The van der Waals surface area contributed by atoms with Crippen LogP contribution in [0.3, 0.4) is 0 Å². The fourth-order valence-electron chi connectivity index (χ4n) is 7.40. The van der Waals surface area contributed by atoms with Crippen molar-refractivity contribution in [2.45, 2.75) is 258 Å². The van der Waals surface area contributed by atoms with Gasteiger partial charge in [0.25, 0.3) is 0 Å². The van der Waals surface area contributed by atoms with E-state index in [0.717, 1.165) is 142 Å². The molecule has 0 aromatic carbocycles. The Balaban J connectivity index is 4.63. The Labute approximate surface area is 371 Å². The maximum absolute atomic E-state index is 12.7. The van der Waals surface area contributed by atoms with Crippen molar-refractivity contribution in [1.29, 1.82) is 0 Å². The maximum atomic E-state index is 12.7. The monoisotopic (exact) mass is 847 g/mol. The lowest BCUT2D eigenvalue weighted by molar-refractivity contribution is -0.191. The number of nitrogens with zero attached hydrogens (tertiary/aromatic N) is 2. The Bertz CT molecular complexity index is 964. The molecule has 8 heteroatoms. The smallest absolute Gasteiger partial charge is 0.325 e. The molecule has 8 nitrogen and oxygen atoms in total. The predicted octanol–water partition coefficient (Wildman–Crippen LogP) is 14.6. The lowest BCUT2D eigenvalue weighted by Crippen LogP contribution is -2.30. The summed E-state index contributed by atoms with van der Waals surface area (Å²) in [5.74, 6) is -0.263. The number of rotatable bonds is 45. The molecule has 60 heavy (non-hydrogen) atoms. The molecule has 2 atom stereocenters. The number of carbonyl (C=O) groups is 3. The highest BCUT2D eigenvalue weighted by atomic mass is 16.7. The summed E-state index contributed by atoms with van der Waals surface area (Å²) in [5.41, 5.74) is 0. The Morgan fingerprint density at radius 3 is 1.23 bits per heavy atom. The summed E-state index contributed by atoms with van der Waals surface area (Å²) in [6.07, 6.45) is 43.7. The van der Waals surface area contributed by atoms with Crippen LogP contribution >= 0.6 is 0 Å². The molecule has 0 fully saturated rings. The largest absolute Gasteiger partial charge is 0.462 e. The van der Waals surface area contributed by atoms with Gasteiger partial charge in [0.05, 0.1) is 0 Å². The Morgan fingerprint density at radius 2 is 0.800 bits per heavy atom. The van der Waals surface area contributed by atoms with Gasteiger partial charge in [-0.1, -0.05) is 155 Å². The van der Waals surface area contributed by atoms with Crippen molar-refractivity contribution < 1.29 is 28.7 Å². The number of ether oxygens (including phenoxy) is 2. The number of hydroxylamine groups is 2. The molecule has 0 aliphatic heterocycles. The summed E-state index contributed by atoms with van der Waals surface area (Å²) >= 11 is 0. The molecule has 0 rings (SSSR count). The molecule has 0 N–H and O–H groups in total. The molecule has 0 bridgehead atoms. The highest BCUT2D eigenvalue weighted by molar-refractivity contribution is 5.70. The standard InChI is InChI=1S/C52H98N2O6/c1-7-11-15-19-23-31-40-48(38-29-17-13-9-3)58-50(55)42-33-25-21-27-35-46-54(60-52(57)44-37-45-53(5)6)47-36-28-22-26-34-43-51(56)59-49(39-30-18-14-10-4)41-32-24-20-16-12-8-2/h23-24,31-32,48-49H,7-22,25-30,33-47H2,1-6H3/b31-23-,32-24-. The van der Waals surface area contributed by atoms with E-state index in [-0.39, 0.29) is 30.1 Å². The second-order valence-electron chi connectivity index (χ2n) is 17.7. The number of unbranched alkanes of at least 4 members (excludes halogenated alkanes) is 20. The molecule has 0 aliphatic rings. The third-order valence-corrected chi connectivity index (χ3v) is 11.2. The van der Waals surface area contributed by atoms with E-state index in [0.29, 0.717) is 19.3 Å². The number of esters is 2. The van der Waals surface area contributed by atoms with Gasteiger partial charge in [0, 0.05) is 45.2 Å². The summed E-state index contributed by atoms with van der Waals surface area (Å²) < 4.78 is 11.9. The van der Waals surface area contributed by atoms with E-state index in [2.05, 4.69) is 56.9 Å². The Hall–Kier alpha value is -2.19. The second-order valence-corrected chi connectivity index (χ2v) is 17.7. The summed E-state index contributed by atoms with van der Waals surface area (Å²) in [5, 5.41) is 1.88. The van der Waals surface area contributed by atoms with E-state index in [9.17, 15) is 14.4 Å². The molecule has 0 aromatic rings. The minimum atomic E-state index is -0.153. The van der Waals surface area contributed by atoms with Crippen molar-refractivity contribution in [3.8, 4) is 0 Å². The number of hydrogen-bond donors (Lipinski definition) is 0. The average molecular weight is 847 g/mol. The van der Waals surface area contributed by atoms with E-state index >= 15 is 0 Å². The van der Waals surface area contributed by atoms with Crippen LogP contribution in [0.4, 0.5) is 0 Å². The zero-order chi connectivity index (χ0) is 44.2. The summed E-state index contributed by atoms with van der Waals surface area (Å²) in [6, 6.07) is 0. The van der Waals surface area contributed by atoms with Crippen LogP contribution in [0.25, 0.3) is 0 Å². The third-order valence-electron chi connectivity index (χ3n) is 11.2. The topological polar surface area (TPSA) is 85.4 Å². The molecular weight excluding hydrogens is 749 g/mol. The van der Waals surface area contributed by atoms with Gasteiger partial charge in [0.15, 0.2) is 0 Å². The van der Waals surface area contributed by atoms with Crippen molar-refractivity contribution in [2.24, 2.45) is 0 Å². The van der Waals surface area contributed by atoms with Crippen molar-refractivity contribution in [2.75, 3.05) is 33.7 Å². The van der Waals surface area contributed by atoms with Crippen LogP contribution < -0.4 is 0 Å². The Morgan fingerprint density at radius 1 is 0.417 bits per heavy atom. The van der Waals surface area contributed by atoms with Gasteiger partial charge < -0.3 is 19.2 Å². The molecular formula is C52H98N2O6. The molecule has 0 amide bonds. The predicted molar refractivity (Wildman–Crippen MR) is 254 cm³/mol. The first-order valence-electron chi connectivity index (χ1n) is 25.5. The van der Waals surface area contributed by atoms with Crippen LogP contribution in [0.2, 0.25) is 0 Å². The van der Waals surface area contributed by atoms with Gasteiger partial charge in [0.1, 0.15) is 12.2 Å². The average Bonchev–Trinajstić information content (AvgIpc) is 3.22.